The van der Waals surface area contributed by atoms with E-state index in [2.05, 4.69) is 15.5 Å². The average molecular weight is 361 g/mol. The molecule has 5 atom stereocenters. The highest BCUT2D eigenvalue weighted by Crippen LogP contribution is 2.55. The van der Waals surface area contributed by atoms with Crippen LogP contribution in [-0.4, -0.2) is 61.5 Å². The Morgan fingerprint density at radius 2 is 1.88 bits per heavy atom. The first-order valence-corrected chi connectivity index (χ1v) is 10.0. The predicted molar refractivity (Wildman–Crippen MR) is 91.8 cm³/mol. The summed E-state index contributed by atoms with van der Waals surface area (Å²) in [4.78, 5) is 39.7. The first-order chi connectivity index (χ1) is 12.6. The lowest BCUT2D eigenvalue weighted by atomic mass is 9.56. The molecule has 0 aromatic rings. The van der Waals surface area contributed by atoms with Crippen LogP contribution in [0.5, 0.6) is 0 Å². The summed E-state index contributed by atoms with van der Waals surface area (Å²) < 4.78 is 5.69. The van der Waals surface area contributed by atoms with Gasteiger partial charge in [-0.15, -0.1) is 0 Å². The van der Waals surface area contributed by atoms with Gasteiger partial charge in [0.2, 0.25) is 11.8 Å². The first-order valence-electron chi connectivity index (χ1n) is 10.0. The molecule has 142 valence electrons. The monoisotopic (exact) mass is 361 g/mol. The van der Waals surface area contributed by atoms with E-state index in [4.69, 9.17) is 4.74 Å². The molecule has 6 aliphatic rings. The van der Waals surface area contributed by atoms with Crippen molar-refractivity contribution in [3.05, 3.63) is 0 Å². The Morgan fingerprint density at radius 3 is 2.46 bits per heavy atom. The molecule has 2 amide bonds. The molecule has 6 saturated heterocycles. The highest BCUT2D eigenvalue weighted by Gasteiger charge is 2.66. The Kier molecular flexibility index (Phi) is 3.78. The third-order valence-corrected chi connectivity index (χ3v) is 7.81. The molecule has 0 aromatic carbocycles. The van der Waals surface area contributed by atoms with Crippen LogP contribution >= 0.6 is 0 Å². The van der Waals surface area contributed by atoms with Crippen molar-refractivity contribution in [1.29, 1.82) is 0 Å². The van der Waals surface area contributed by atoms with E-state index >= 15 is 0 Å². The van der Waals surface area contributed by atoms with Crippen molar-refractivity contribution in [2.45, 2.75) is 38.1 Å². The number of nitrogens with zero attached hydrogens (tertiary/aromatic N) is 1. The standard InChI is InChI=1S/C19H27N3O4/c23-16-2-1-15(21-16)19(12-7-17(24)20-8-12)14(10-26-18(19)25)13-9-22-5-3-11(13)4-6-22/h11-15H,1-10H2,(H,20,24)(H,21,23). The molecule has 6 rings (SSSR count). The maximum atomic E-state index is 13.2. The second-order valence-electron chi connectivity index (χ2n) is 8.80. The number of ether oxygens (including phenoxy) is 1. The normalized spacial score (nSPS) is 47.8. The minimum Gasteiger partial charge on any atom is -0.465 e. The average Bonchev–Trinajstić information content (AvgIpc) is 3.35. The summed E-state index contributed by atoms with van der Waals surface area (Å²) in [5.74, 6) is 0.869. The van der Waals surface area contributed by atoms with Crippen LogP contribution in [0.1, 0.15) is 32.1 Å². The van der Waals surface area contributed by atoms with Gasteiger partial charge in [0.25, 0.3) is 0 Å². The molecule has 7 nitrogen and oxygen atoms in total. The van der Waals surface area contributed by atoms with Gasteiger partial charge in [0.05, 0.1) is 12.0 Å². The lowest BCUT2D eigenvalue weighted by Gasteiger charge is -2.51. The molecule has 0 aliphatic carbocycles. The van der Waals surface area contributed by atoms with E-state index in [0.717, 1.165) is 19.6 Å². The minimum absolute atomic E-state index is 0.00561. The molecule has 5 unspecified atom stereocenters. The Bertz CT molecular complexity index is 617. The van der Waals surface area contributed by atoms with Gasteiger partial charge in [-0.3, -0.25) is 14.4 Å². The van der Waals surface area contributed by atoms with Crippen molar-refractivity contribution < 1.29 is 19.1 Å². The summed E-state index contributed by atoms with van der Waals surface area (Å²) in [5.41, 5.74) is -0.755. The van der Waals surface area contributed by atoms with E-state index < -0.39 is 5.41 Å². The minimum atomic E-state index is -0.755. The van der Waals surface area contributed by atoms with Crippen LogP contribution in [0.25, 0.3) is 0 Å². The highest BCUT2D eigenvalue weighted by molar-refractivity contribution is 5.87. The van der Waals surface area contributed by atoms with Crippen LogP contribution < -0.4 is 10.6 Å². The molecule has 0 radical (unpaired) electrons. The maximum absolute atomic E-state index is 13.2. The number of carbonyl (C=O) groups excluding carboxylic acids is 3. The molecule has 2 bridgehead atoms. The van der Waals surface area contributed by atoms with E-state index in [1.54, 1.807) is 0 Å². The van der Waals surface area contributed by atoms with Gasteiger partial charge in [0, 0.05) is 43.8 Å². The van der Waals surface area contributed by atoms with Crippen LogP contribution in [0.15, 0.2) is 0 Å². The second-order valence-corrected chi connectivity index (χ2v) is 8.80. The number of hydrogen-bond acceptors (Lipinski definition) is 5. The van der Waals surface area contributed by atoms with Crippen LogP contribution in [-0.2, 0) is 19.1 Å². The summed E-state index contributed by atoms with van der Waals surface area (Å²) in [7, 11) is 0. The number of amides is 2. The van der Waals surface area contributed by atoms with E-state index in [-0.39, 0.29) is 35.7 Å². The van der Waals surface area contributed by atoms with Gasteiger partial charge in [-0.1, -0.05) is 0 Å². The molecule has 6 fully saturated rings. The van der Waals surface area contributed by atoms with Gasteiger partial charge in [0.1, 0.15) is 0 Å². The fraction of sp³-hybridized carbons (Fsp3) is 0.842. The SMILES string of the molecule is O=C1CC(C2(C3CCC(=O)N3)C(=O)OCC2C2CN3CCC2CC3)CN1. The molecule has 0 aromatic heterocycles. The third-order valence-electron chi connectivity index (χ3n) is 7.81. The van der Waals surface area contributed by atoms with Crippen molar-refractivity contribution in [3.8, 4) is 0 Å². The number of carbonyl (C=O) groups is 3. The van der Waals surface area contributed by atoms with E-state index in [1.807, 2.05) is 0 Å². The molecule has 0 saturated carbocycles. The van der Waals surface area contributed by atoms with Gasteiger partial charge < -0.3 is 20.3 Å². The number of nitrogens with one attached hydrogen (secondary N) is 2. The molecular weight excluding hydrogens is 334 g/mol. The molecule has 7 heteroatoms. The van der Waals surface area contributed by atoms with Crippen LogP contribution in [0.2, 0.25) is 0 Å². The van der Waals surface area contributed by atoms with Gasteiger partial charge >= 0.3 is 5.97 Å². The lowest BCUT2D eigenvalue weighted by Crippen LogP contribution is -2.60. The number of cyclic esters (lactones) is 1. The van der Waals surface area contributed by atoms with Crippen LogP contribution in [0.3, 0.4) is 0 Å². The van der Waals surface area contributed by atoms with Crippen molar-refractivity contribution in [1.82, 2.24) is 15.5 Å². The third kappa shape index (κ3) is 2.25. The van der Waals surface area contributed by atoms with Gasteiger partial charge in [-0.2, -0.15) is 0 Å². The zero-order valence-electron chi connectivity index (χ0n) is 15.0. The highest BCUT2D eigenvalue weighted by atomic mass is 16.5. The van der Waals surface area contributed by atoms with E-state index in [9.17, 15) is 14.4 Å². The number of esters is 1. The summed E-state index contributed by atoms with van der Waals surface area (Å²) in [6.45, 7) is 4.27. The molecule has 26 heavy (non-hydrogen) atoms. The quantitative estimate of drug-likeness (QED) is 0.686. The Labute approximate surface area is 153 Å². The topological polar surface area (TPSA) is 87.7 Å². The van der Waals surface area contributed by atoms with Gasteiger partial charge in [0.15, 0.2) is 0 Å². The number of rotatable bonds is 3. The maximum Gasteiger partial charge on any atom is 0.314 e. The van der Waals surface area contributed by atoms with Crippen LogP contribution in [0.4, 0.5) is 0 Å². The van der Waals surface area contributed by atoms with Crippen molar-refractivity contribution >= 4 is 17.8 Å². The summed E-state index contributed by atoms with van der Waals surface area (Å²) >= 11 is 0. The first kappa shape index (κ1) is 16.5. The fourth-order valence-electron chi connectivity index (χ4n) is 6.59. The van der Waals surface area contributed by atoms with Gasteiger partial charge in [-0.05, 0) is 44.2 Å². The smallest absolute Gasteiger partial charge is 0.314 e. The van der Waals surface area contributed by atoms with E-state index in [0.29, 0.717) is 44.2 Å². The molecule has 6 heterocycles. The molecule has 6 aliphatic heterocycles. The number of fused-ring (bicyclic) bond motifs is 3. The molecule has 0 spiro atoms. The van der Waals surface area contributed by atoms with Crippen molar-refractivity contribution in [3.63, 3.8) is 0 Å². The zero-order valence-corrected chi connectivity index (χ0v) is 15.0. The van der Waals surface area contributed by atoms with Crippen molar-refractivity contribution in [2.75, 3.05) is 32.8 Å². The fourth-order valence-corrected chi connectivity index (χ4v) is 6.59. The van der Waals surface area contributed by atoms with Crippen LogP contribution in [0, 0.1) is 29.1 Å². The van der Waals surface area contributed by atoms with Crippen molar-refractivity contribution in [2.24, 2.45) is 29.1 Å². The summed E-state index contributed by atoms with van der Waals surface area (Å²) in [5, 5.41) is 5.99. The number of hydrogen-bond donors (Lipinski definition) is 2. The van der Waals surface area contributed by atoms with E-state index in [1.165, 1.54) is 12.8 Å². The molecular formula is C19H27N3O4. The summed E-state index contributed by atoms with van der Waals surface area (Å²) in [6.07, 6.45) is 3.85. The van der Waals surface area contributed by atoms with Gasteiger partial charge in [-0.25, -0.2) is 0 Å². The largest absolute Gasteiger partial charge is 0.465 e. The second kappa shape index (κ2) is 5.94. The Hall–Kier alpha value is -1.63. The Balaban J connectivity index is 1.55. The lowest BCUT2D eigenvalue weighted by molar-refractivity contribution is -0.152. The molecule has 2 N–H and O–H groups in total. The zero-order chi connectivity index (χ0) is 17.9. The number of piperidine rings is 3. The predicted octanol–water partition coefficient (Wildman–Crippen LogP) is -0.0977. The Morgan fingerprint density at radius 1 is 1.08 bits per heavy atom. The summed E-state index contributed by atoms with van der Waals surface area (Å²) in [6, 6.07) is -0.205.